The summed E-state index contributed by atoms with van der Waals surface area (Å²) in [5.74, 6) is -12.7. The molecule has 0 bridgehead atoms. The Morgan fingerprint density at radius 1 is 1.15 bits per heavy atom. The van der Waals surface area contributed by atoms with Crippen LogP contribution in [0.15, 0.2) is 12.7 Å². The van der Waals surface area contributed by atoms with Crippen molar-refractivity contribution >= 4 is 5.97 Å². The lowest BCUT2D eigenvalue weighted by Gasteiger charge is -2.56. The summed E-state index contributed by atoms with van der Waals surface area (Å²) in [5, 5.41) is 9.60. The smallest absolute Gasteiger partial charge is 0.449 e. The van der Waals surface area contributed by atoms with E-state index in [1.54, 1.807) is 0 Å². The minimum absolute atomic E-state index is 0.302. The van der Waals surface area contributed by atoms with Gasteiger partial charge in [-0.2, -0.15) is 35.1 Å². The molecule has 0 aromatic heterocycles. The standard InChI is InChI=1S/C14H16F8O4/c1-4-8(23)25-9(5-2)7-10(6-3,13(17,18)19)26-12(24,11(9,15)16)14(20,21)22/h4,24H,1,5-7H2,2-3H3. The summed E-state index contributed by atoms with van der Waals surface area (Å²) in [5.41, 5.74) is -7.48. The number of rotatable bonds is 4. The van der Waals surface area contributed by atoms with Crippen LogP contribution in [-0.2, 0) is 14.3 Å². The monoisotopic (exact) mass is 400 g/mol. The fourth-order valence-corrected chi connectivity index (χ4v) is 2.81. The third-order valence-corrected chi connectivity index (χ3v) is 4.42. The Hall–Kier alpha value is -1.43. The van der Waals surface area contributed by atoms with E-state index < -0.39 is 60.5 Å². The zero-order chi connectivity index (χ0) is 20.8. The molecule has 1 saturated heterocycles. The largest absolute Gasteiger partial charge is 0.449 e. The number of hydrogen-bond acceptors (Lipinski definition) is 4. The number of esters is 1. The Morgan fingerprint density at radius 3 is 1.96 bits per heavy atom. The van der Waals surface area contributed by atoms with E-state index in [4.69, 9.17) is 0 Å². The molecular weight excluding hydrogens is 384 g/mol. The van der Waals surface area contributed by atoms with Crippen LogP contribution in [0.3, 0.4) is 0 Å². The maximum atomic E-state index is 14.7. The van der Waals surface area contributed by atoms with Crippen LogP contribution in [0.5, 0.6) is 0 Å². The number of hydrogen-bond donors (Lipinski definition) is 1. The van der Waals surface area contributed by atoms with Crippen LogP contribution < -0.4 is 0 Å². The maximum absolute atomic E-state index is 14.7. The van der Waals surface area contributed by atoms with Gasteiger partial charge in [0.05, 0.1) is 0 Å². The molecule has 3 unspecified atom stereocenters. The van der Waals surface area contributed by atoms with Crippen LogP contribution in [0, 0.1) is 0 Å². The van der Waals surface area contributed by atoms with Crippen molar-refractivity contribution in [3.8, 4) is 0 Å². The van der Waals surface area contributed by atoms with Gasteiger partial charge in [-0.05, 0) is 12.8 Å². The second-order valence-electron chi connectivity index (χ2n) is 5.81. The molecule has 0 saturated carbocycles. The molecule has 0 aromatic carbocycles. The van der Waals surface area contributed by atoms with Crippen molar-refractivity contribution in [3.05, 3.63) is 12.7 Å². The van der Waals surface area contributed by atoms with Gasteiger partial charge in [-0.15, -0.1) is 0 Å². The molecule has 1 aliphatic heterocycles. The summed E-state index contributed by atoms with van der Waals surface area (Å²) in [6.07, 6.45) is -15.9. The van der Waals surface area contributed by atoms with Crippen molar-refractivity contribution in [1.82, 2.24) is 0 Å². The second kappa shape index (κ2) is 6.32. The summed E-state index contributed by atoms with van der Waals surface area (Å²) in [6, 6.07) is 0. The molecule has 0 aromatic rings. The molecule has 4 nitrogen and oxygen atoms in total. The minimum atomic E-state index is -6.33. The van der Waals surface area contributed by atoms with Gasteiger partial charge < -0.3 is 14.6 Å². The summed E-state index contributed by atoms with van der Waals surface area (Å²) in [4.78, 5) is 11.4. The molecule has 0 aliphatic carbocycles. The summed E-state index contributed by atoms with van der Waals surface area (Å²) in [7, 11) is 0. The van der Waals surface area contributed by atoms with Gasteiger partial charge in [0.1, 0.15) is 0 Å². The Bertz CT molecular complexity index is 572. The van der Waals surface area contributed by atoms with Gasteiger partial charge in [0.15, 0.2) is 11.2 Å². The SMILES string of the molecule is C=CC(=O)OC1(CC)CC(CC)(C(F)(F)F)OC(O)(C(F)(F)F)C1(F)F. The molecule has 0 amide bonds. The first-order chi connectivity index (χ1) is 11.5. The zero-order valence-electron chi connectivity index (χ0n) is 13.6. The predicted molar refractivity (Wildman–Crippen MR) is 70.0 cm³/mol. The summed E-state index contributed by atoms with van der Waals surface area (Å²) >= 11 is 0. The van der Waals surface area contributed by atoms with Gasteiger partial charge >= 0.3 is 30.0 Å². The molecule has 0 spiro atoms. The van der Waals surface area contributed by atoms with E-state index in [1.807, 2.05) is 0 Å². The van der Waals surface area contributed by atoms with Crippen molar-refractivity contribution in [3.63, 3.8) is 0 Å². The number of carbonyl (C=O) groups excluding carboxylic acids is 1. The molecule has 1 N–H and O–H groups in total. The first-order valence-electron chi connectivity index (χ1n) is 7.28. The Kier molecular flexibility index (Phi) is 5.50. The molecule has 1 fully saturated rings. The van der Waals surface area contributed by atoms with E-state index in [2.05, 4.69) is 16.1 Å². The van der Waals surface area contributed by atoms with E-state index in [0.29, 0.717) is 6.08 Å². The van der Waals surface area contributed by atoms with Crippen molar-refractivity contribution < 1.29 is 54.5 Å². The fraction of sp³-hybridized carbons (Fsp3) is 0.786. The first-order valence-corrected chi connectivity index (χ1v) is 7.28. The zero-order valence-corrected chi connectivity index (χ0v) is 13.6. The molecule has 3 atom stereocenters. The van der Waals surface area contributed by atoms with Gasteiger partial charge in [0.2, 0.25) is 0 Å². The summed E-state index contributed by atoms with van der Waals surface area (Å²) in [6.45, 7) is 4.41. The molecule has 0 radical (unpaired) electrons. The lowest BCUT2D eigenvalue weighted by Crippen LogP contribution is -2.79. The molecule has 1 heterocycles. The van der Waals surface area contributed by atoms with Gasteiger partial charge in [0, 0.05) is 12.5 Å². The van der Waals surface area contributed by atoms with Crippen LogP contribution in [0.25, 0.3) is 0 Å². The molecule has 1 rings (SSSR count). The van der Waals surface area contributed by atoms with Gasteiger partial charge in [-0.25, -0.2) is 4.79 Å². The second-order valence-corrected chi connectivity index (χ2v) is 5.81. The Labute approximate surface area is 142 Å². The minimum Gasteiger partial charge on any atom is -0.449 e. The average Bonchev–Trinajstić information content (AvgIpc) is 2.49. The third-order valence-electron chi connectivity index (χ3n) is 4.42. The van der Waals surface area contributed by atoms with Gasteiger partial charge in [-0.1, -0.05) is 20.4 Å². The van der Waals surface area contributed by atoms with Crippen molar-refractivity contribution in [2.24, 2.45) is 0 Å². The molecule has 12 heteroatoms. The molecule has 1 aliphatic rings. The van der Waals surface area contributed by atoms with Gasteiger partial charge in [0.25, 0.3) is 0 Å². The highest BCUT2D eigenvalue weighted by Crippen LogP contribution is 2.62. The van der Waals surface area contributed by atoms with Crippen LogP contribution in [-0.4, -0.2) is 46.3 Å². The highest BCUT2D eigenvalue weighted by atomic mass is 19.4. The van der Waals surface area contributed by atoms with Crippen molar-refractivity contribution in [1.29, 1.82) is 0 Å². The topological polar surface area (TPSA) is 55.8 Å². The van der Waals surface area contributed by atoms with Crippen LogP contribution in [0.4, 0.5) is 35.1 Å². The normalized spacial score (nSPS) is 35.0. The number of halogens is 8. The van der Waals surface area contributed by atoms with Crippen molar-refractivity contribution in [2.75, 3.05) is 0 Å². The number of aliphatic hydroxyl groups is 1. The highest BCUT2D eigenvalue weighted by molar-refractivity contribution is 5.81. The van der Waals surface area contributed by atoms with E-state index in [9.17, 15) is 45.0 Å². The quantitative estimate of drug-likeness (QED) is 0.442. The third kappa shape index (κ3) is 2.96. The van der Waals surface area contributed by atoms with Crippen LogP contribution in [0.2, 0.25) is 0 Å². The number of ether oxygens (including phenoxy) is 2. The number of alkyl halides is 8. The first kappa shape index (κ1) is 22.6. The highest BCUT2D eigenvalue weighted by Gasteiger charge is 2.86. The van der Waals surface area contributed by atoms with E-state index >= 15 is 0 Å². The van der Waals surface area contributed by atoms with E-state index in [-0.39, 0.29) is 0 Å². The van der Waals surface area contributed by atoms with E-state index in [1.165, 1.54) is 0 Å². The lowest BCUT2D eigenvalue weighted by molar-refractivity contribution is -0.518. The van der Waals surface area contributed by atoms with E-state index in [0.717, 1.165) is 13.8 Å². The summed E-state index contributed by atoms with van der Waals surface area (Å²) < 4.78 is 117. The Balaban J connectivity index is 3.82. The molecule has 26 heavy (non-hydrogen) atoms. The molecular formula is C14H16F8O4. The fourth-order valence-electron chi connectivity index (χ4n) is 2.81. The molecule has 152 valence electrons. The van der Waals surface area contributed by atoms with Crippen LogP contribution >= 0.6 is 0 Å². The van der Waals surface area contributed by atoms with Crippen LogP contribution in [0.1, 0.15) is 33.1 Å². The van der Waals surface area contributed by atoms with Gasteiger partial charge in [-0.3, -0.25) is 0 Å². The maximum Gasteiger partial charge on any atom is 0.449 e. The average molecular weight is 400 g/mol. The van der Waals surface area contributed by atoms with Crippen molar-refractivity contribution in [2.45, 2.75) is 68.4 Å². The number of carbonyl (C=O) groups is 1. The predicted octanol–water partition coefficient (Wildman–Crippen LogP) is 3.88. The lowest BCUT2D eigenvalue weighted by atomic mass is 9.72. The Morgan fingerprint density at radius 2 is 1.65 bits per heavy atom.